The molecule has 2 N–H and O–H groups in total. The van der Waals surface area contributed by atoms with Crippen molar-refractivity contribution in [3.8, 4) is 0 Å². The lowest BCUT2D eigenvalue weighted by Gasteiger charge is -2.18. The molecule has 0 bridgehead atoms. The highest BCUT2D eigenvalue weighted by molar-refractivity contribution is 6.35. The number of hydrogen-bond acceptors (Lipinski definition) is 2. The number of hydrogen-bond donors (Lipinski definition) is 2. The number of H-pyrrole nitrogens is 1. The van der Waals surface area contributed by atoms with Crippen LogP contribution >= 0.6 is 11.6 Å². The average Bonchev–Trinajstić information content (AvgIpc) is 2.61. The van der Waals surface area contributed by atoms with Gasteiger partial charge in [-0.25, -0.2) is 0 Å². The second kappa shape index (κ2) is 5.31. The first-order valence-electron chi connectivity index (χ1n) is 6.52. The Labute approximate surface area is 112 Å². The molecule has 0 saturated carbocycles. The van der Waals surface area contributed by atoms with Gasteiger partial charge in [-0.1, -0.05) is 23.7 Å². The van der Waals surface area contributed by atoms with Crippen LogP contribution in [0.5, 0.6) is 0 Å². The van der Waals surface area contributed by atoms with E-state index in [4.69, 9.17) is 11.6 Å². The van der Waals surface area contributed by atoms with E-state index in [-0.39, 0.29) is 0 Å². The van der Waals surface area contributed by atoms with Gasteiger partial charge in [-0.15, -0.1) is 0 Å². The molecule has 0 unspecified atom stereocenters. The average molecular weight is 264 g/mol. The van der Waals surface area contributed by atoms with Gasteiger partial charge < -0.3 is 10.3 Å². The van der Waals surface area contributed by atoms with Gasteiger partial charge in [-0.3, -0.25) is 4.90 Å². The Morgan fingerprint density at radius 1 is 1.22 bits per heavy atom. The monoisotopic (exact) mass is 263 g/mol. The van der Waals surface area contributed by atoms with Gasteiger partial charge in [-0.2, -0.15) is 0 Å². The molecule has 0 radical (unpaired) electrons. The molecule has 96 valence electrons. The molecule has 1 saturated heterocycles. The zero-order valence-corrected chi connectivity index (χ0v) is 11.1. The number of rotatable bonds is 2. The van der Waals surface area contributed by atoms with Crippen LogP contribution in [0.3, 0.4) is 0 Å². The van der Waals surface area contributed by atoms with E-state index in [1.54, 1.807) is 0 Å². The highest BCUT2D eigenvalue weighted by Crippen LogP contribution is 2.26. The van der Waals surface area contributed by atoms with Gasteiger partial charge in [0, 0.05) is 31.2 Å². The molecule has 1 aromatic heterocycles. The zero-order chi connectivity index (χ0) is 12.4. The molecular formula is C14H18ClN3. The number of nitrogens with zero attached hydrogens (tertiary/aromatic N) is 1. The van der Waals surface area contributed by atoms with Gasteiger partial charge in [0.05, 0.1) is 10.5 Å². The summed E-state index contributed by atoms with van der Waals surface area (Å²) < 4.78 is 0. The third kappa shape index (κ3) is 2.39. The Kier molecular flexibility index (Phi) is 3.55. The second-order valence-corrected chi connectivity index (χ2v) is 5.26. The maximum atomic E-state index is 6.18. The molecule has 3 rings (SSSR count). The van der Waals surface area contributed by atoms with Crippen LogP contribution in [0.1, 0.15) is 12.0 Å². The Balaban J connectivity index is 1.83. The van der Waals surface area contributed by atoms with Crippen molar-refractivity contribution in [1.29, 1.82) is 0 Å². The summed E-state index contributed by atoms with van der Waals surface area (Å²) in [5.74, 6) is 0. The lowest BCUT2D eigenvalue weighted by atomic mass is 10.1. The van der Waals surface area contributed by atoms with E-state index in [0.717, 1.165) is 36.7 Å². The lowest BCUT2D eigenvalue weighted by Crippen LogP contribution is -2.27. The fourth-order valence-corrected chi connectivity index (χ4v) is 2.84. The molecule has 2 heterocycles. The number of benzene rings is 1. The van der Waals surface area contributed by atoms with Crippen molar-refractivity contribution in [2.75, 3.05) is 26.2 Å². The smallest absolute Gasteiger partial charge is 0.0647 e. The summed E-state index contributed by atoms with van der Waals surface area (Å²) in [7, 11) is 0. The minimum atomic E-state index is 0.802. The highest BCUT2D eigenvalue weighted by Gasteiger charge is 2.12. The summed E-state index contributed by atoms with van der Waals surface area (Å²) in [4.78, 5) is 5.79. The van der Waals surface area contributed by atoms with Crippen molar-refractivity contribution < 1.29 is 0 Å². The van der Waals surface area contributed by atoms with Gasteiger partial charge >= 0.3 is 0 Å². The summed E-state index contributed by atoms with van der Waals surface area (Å²) >= 11 is 6.18. The molecule has 3 nitrogen and oxygen atoms in total. The van der Waals surface area contributed by atoms with Crippen molar-refractivity contribution >= 4 is 22.5 Å². The number of aromatic amines is 1. The topological polar surface area (TPSA) is 31.1 Å². The third-order valence-corrected chi connectivity index (χ3v) is 3.89. The third-order valence-electron chi connectivity index (χ3n) is 3.58. The molecule has 0 amide bonds. The van der Waals surface area contributed by atoms with Gasteiger partial charge in [-0.05, 0) is 31.1 Å². The summed E-state index contributed by atoms with van der Waals surface area (Å²) in [5.41, 5.74) is 2.40. The van der Waals surface area contributed by atoms with E-state index in [9.17, 15) is 0 Å². The maximum absolute atomic E-state index is 6.18. The first-order valence-corrected chi connectivity index (χ1v) is 6.90. The molecular weight excluding hydrogens is 246 g/mol. The van der Waals surface area contributed by atoms with Crippen molar-refractivity contribution in [3.05, 3.63) is 35.0 Å². The first kappa shape index (κ1) is 12.0. The van der Waals surface area contributed by atoms with E-state index >= 15 is 0 Å². The van der Waals surface area contributed by atoms with Crippen molar-refractivity contribution in [3.63, 3.8) is 0 Å². The SMILES string of the molecule is Clc1cccc2c(CN3CCCNCC3)c[nH]c12. The first-order chi connectivity index (χ1) is 8.84. The van der Waals surface area contributed by atoms with Crippen LogP contribution in [0.25, 0.3) is 10.9 Å². The van der Waals surface area contributed by atoms with Crippen LogP contribution in [0.2, 0.25) is 5.02 Å². The fourth-order valence-electron chi connectivity index (χ4n) is 2.61. The van der Waals surface area contributed by atoms with Gasteiger partial charge in [0.1, 0.15) is 0 Å². The molecule has 1 fully saturated rings. The quantitative estimate of drug-likeness (QED) is 0.873. The van der Waals surface area contributed by atoms with Crippen LogP contribution < -0.4 is 5.32 Å². The van der Waals surface area contributed by atoms with Crippen LogP contribution in [-0.2, 0) is 6.54 Å². The molecule has 18 heavy (non-hydrogen) atoms. The van der Waals surface area contributed by atoms with Gasteiger partial charge in [0.2, 0.25) is 0 Å². The Morgan fingerprint density at radius 3 is 3.11 bits per heavy atom. The zero-order valence-electron chi connectivity index (χ0n) is 10.4. The molecule has 0 aliphatic carbocycles. The summed E-state index contributed by atoms with van der Waals surface area (Å²) in [5, 5.41) is 5.48. The summed E-state index contributed by atoms with van der Waals surface area (Å²) in [6.07, 6.45) is 3.32. The number of fused-ring (bicyclic) bond motifs is 1. The normalized spacial score (nSPS) is 18.1. The summed E-state index contributed by atoms with van der Waals surface area (Å²) in [6, 6.07) is 6.09. The van der Waals surface area contributed by atoms with E-state index in [2.05, 4.69) is 27.5 Å². The predicted octanol–water partition coefficient (Wildman–Crippen LogP) is 2.62. The van der Waals surface area contributed by atoms with Crippen LogP contribution in [0, 0.1) is 0 Å². The lowest BCUT2D eigenvalue weighted by molar-refractivity contribution is 0.285. The van der Waals surface area contributed by atoms with Crippen LogP contribution in [-0.4, -0.2) is 36.1 Å². The molecule has 1 aromatic carbocycles. The fraction of sp³-hybridized carbons (Fsp3) is 0.429. The Hall–Kier alpha value is -1.03. The van der Waals surface area contributed by atoms with E-state index in [1.807, 2.05) is 12.1 Å². The molecule has 0 spiro atoms. The molecule has 1 aliphatic heterocycles. The van der Waals surface area contributed by atoms with Gasteiger partial charge in [0.25, 0.3) is 0 Å². The van der Waals surface area contributed by atoms with E-state index in [0.29, 0.717) is 0 Å². The van der Waals surface area contributed by atoms with Gasteiger partial charge in [0.15, 0.2) is 0 Å². The predicted molar refractivity (Wildman–Crippen MR) is 76.1 cm³/mol. The standard InChI is InChI=1S/C14H18ClN3/c15-13-4-1-3-12-11(9-17-14(12)13)10-18-7-2-5-16-6-8-18/h1,3-4,9,16-17H,2,5-8,10H2. The molecule has 0 atom stereocenters. The second-order valence-electron chi connectivity index (χ2n) is 4.86. The van der Waals surface area contributed by atoms with Crippen LogP contribution in [0.4, 0.5) is 0 Å². The maximum Gasteiger partial charge on any atom is 0.0647 e. The summed E-state index contributed by atoms with van der Waals surface area (Å²) in [6.45, 7) is 5.51. The minimum absolute atomic E-state index is 0.802. The Bertz CT molecular complexity index is 527. The molecule has 2 aromatic rings. The van der Waals surface area contributed by atoms with Crippen molar-refractivity contribution in [2.45, 2.75) is 13.0 Å². The molecule has 4 heteroatoms. The largest absolute Gasteiger partial charge is 0.360 e. The van der Waals surface area contributed by atoms with Crippen molar-refractivity contribution in [2.24, 2.45) is 0 Å². The number of nitrogens with one attached hydrogen (secondary N) is 2. The molecule has 1 aliphatic rings. The number of aromatic nitrogens is 1. The van der Waals surface area contributed by atoms with Crippen molar-refractivity contribution in [1.82, 2.24) is 15.2 Å². The van der Waals surface area contributed by atoms with E-state index in [1.165, 1.54) is 23.9 Å². The van der Waals surface area contributed by atoms with E-state index < -0.39 is 0 Å². The number of halogens is 1. The minimum Gasteiger partial charge on any atom is -0.360 e. The Morgan fingerprint density at radius 2 is 2.17 bits per heavy atom. The number of para-hydroxylation sites is 1. The van der Waals surface area contributed by atoms with Crippen LogP contribution in [0.15, 0.2) is 24.4 Å². The highest BCUT2D eigenvalue weighted by atomic mass is 35.5.